The van der Waals surface area contributed by atoms with Gasteiger partial charge in [0, 0.05) is 26.7 Å². The van der Waals surface area contributed by atoms with Gasteiger partial charge >= 0.3 is 24.6 Å². The fraction of sp³-hybridized carbons (Fsp3) is 0.200. The number of ketones is 1. The van der Waals surface area contributed by atoms with Gasteiger partial charge in [-0.05, 0) is 65.1 Å². The lowest BCUT2D eigenvalue weighted by Gasteiger charge is -2.31. The highest BCUT2D eigenvalue weighted by Crippen LogP contribution is 2.54. The number of rotatable bonds is 8. The van der Waals surface area contributed by atoms with E-state index in [9.17, 15) is 57.9 Å². The molecule has 0 aliphatic carbocycles. The van der Waals surface area contributed by atoms with Gasteiger partial charge in [0.25, 0.3) is 5.91 Å². The van der Waals surface area contributed by atoms with Crippen molar-refractivity contribution in [3.63, 3.8) is 0 Å². The fourth-order valence-corrected chi connectivity index (χ4v) is 4.39. The van der Waals surface area contributed by atoms with Gasteiger partial charge in [-0.3, -0.25) is 9.59 Å². The number of ether oxygens (including phenoxy) is 1. The van der Waals surface area contributed by atoms with Crippen LogP contribution in [0.1, 0.15) is 31.8 Å². The molecule has 0 aliphatic rings. The van der Waals surface area contributed by atoms with E-state index in [2.05, 4.69) is 4.74 Å². The van der Waals surface area contributed by atoms with Crippen molar-refractivity contribution in [1.29, 1.82) is 0 Å². The van der Waals surface area contributed by atoms with Crippen LogP contribution in [0, 0.1) is 21.0 Å². The number of nitrogens with one attached hydrogen (secondary N) is 1. The van der Waals surface area contributed by atoms with Crippen molar-refractivity contribution in [3.05, 3.63) is 91.8 Å². The number of carbonyl (C=O) groups is 2. The summed E-state index contributed by atoms with van der Waals surface area (Å²) in [4.78, 5) is 25.2. The van der Waals surface area contributed by atoms with Crippen LogP contribution in [0.5, 0.6) is 5.75 Å². The van der Waals surface area contributed by atoms with E-state index in [0.717, 1.165) is 46.9 Å². The number of hydrogen-bond donors (Lipinski definition) is 1. The van der Waals surface area contributed by atoms with Crippen molar-refractivity contribution in [2.75, 3.05) is 5.32 Å². The first kappa shape index (κ1) is 33.0. The Bertz CT molecular complexity index is 1510. The minimum Gasteiger partial charge on any atom is -0.434 e. The highest BCUT2D eigenvalue weighted by atomic mass is 127. The van der Waals surface area contributed by atoms with E-state index in [4.69, 9.17) is 0 Å². The normalized spacial score (nSPS) is 12.4. The van der Waals surface area contributed by atoms with Gasteiger partial charge in [0.05, 0.1) is 11.3 Å². The SMILES string of the molecule is O=C(Nc1cccc(C(=O)Cc2c(I)cc(C(F)(C(F)(F)F)C(F)(F)F)cc2OC(F)F)c1F)c1ccc(F)c(F)c1. The molecule has 0 spiro atoms. The van der Waals surface area contributed by atoms with Gasteiger partial charge in [-0.1, -0.05) is 6.07 Å². The van der Waals surface area contributed by atoms with Crippen LogP contribution in [0.2, 0.25) is 0 Å². The van der Waals surface area contributed by atoms with Crippen molar-refractivity contribution >= 4 is 40.0 Å². The van der Waals surface area contributed by atoms with Crippen LogP contribution in [0.25, 0.3) is 0 Å². The molecule has 0 fully saturated rings. The smallest absolute Gasteiger partial charge is 0.434 e. The average molecular weight is 729 g/mol. The van der Waals surface area contributed by atoms with Gasteiger partial charge in [0.15, 0.2) is 23.2 Å². The van der Waals surface area contributed by atoms with Crippen molar-refractivity contribution < 1.29 is 67.0 Å². The number of Topliss-reactive ketones (excluding diaryl/α,β-unsaturated/α-hetero) is 1. The second kappa shape index (κ2) is 12.0. The number of benzene rings is 3. The van der Waals surface area contributed by atoms with E-state index in [0.29, 0.717) is 12.1 Å². The van der Waals surface area contributed by atoms with Crippen molar-refractivity contribution in [3.8, 4) is 5.75 Å². The topological polar surface area (TPSA) is 55.4 Å². The first-order chi connectivity index (χ1) is 19.3. The van der Waals surface area contributed by atoms with Crippen LogP contribution in [0.3, 0.4) is 0 Å². The molecule has 17 heteroatoms. The maximum absolute atomic E-state index is 15.1. The van der Waals surface area contributed by atoms with E-state index in [1.54, 1.807) is 0 Å². The molecule has 0 atom stereocenters. The maximum Gasteiger partial charge on any atom is 0.435 e. The average Bonchev–Trinajstić information content (AvgIpc) is 2.86. The van der Waals surface area contributed by atoms with E-state index in [1.807, 2.05) is 5.32 Å². The summed E-state index contributed by atoms with van der Waals surface area (Å²) in [5, 5.41) is 2.00. The first-order valence-electron chi connectivity index (χ1n) is 11.0. The molecule has 0 bridgehead atoms. The number of halogens is 13. The van der Waals surface area contributed by atoms with Crippen LogP contribution in [0.15, 0.2) is 48.5 Å². The summed E-state index contributed by atoms with van der Waals surface area (Å²) in [6.07, 6.45) is -14.3. The summed E-state index contributed by atoms with van der Waals surface area (Å²) in [5.74, 6) is -7.93. The zero-order valence-electron chi connectivity index (χ0n) is 20.0. The molecule has 0 heterocycles. The lowest BCUT2D eigenvalue weighted by atomic mass is 9.91. The highest BCUT2D eigenvalue weighted by Gasteiger charge is 2.73. The highest BCUT2D eigenvalue weighted by molar-refractivity contribution is 14.1. The molecule has 0 aliphatic heterocycles. The zero-order valence-corrected chi connectivity index (χ0v) is 22.2. The number of anilines is 1. The molecule has 0 unspecified atom stereocenters. The van der Waals surface area contributed by atoms with E-state index in [1.165, 1.54) is 0 Å². The van der Waals surface area contributed by atoms with E-state index < -0.39 is 97.5 Å². The molecular weight excluding hydrogens is 717 g/mol. The molecule has 42 heavy (non-hydrogen) atoms. The Labute approximate surface area is 240 Å². The van der Waals surface area contributed by atoms with Crippen LogP contribution in [0.4, 0.5) is 58.4 Å². The maximum atomic E-state index is 15.1. The number of amides is 1. The summed E-state index contributed by atoms with van der Waals surface area (Å²) in [7, 11) is 0. The molecule has 226 valence electrons. The summed E-state index contributed by atoms with van der Waals surface area (Å²) in [6.45, 7) is -3.85. The molecule has 0 aromatic heterocycles. The predicted molar refractivity (Wildman–Crippen MR) is 129 cm³/mol. The van der Waals surface area contributed by atoms with Gasteiger partial charge in [-0.2, -0.15) is 35.1 Å². The Morgan fingerprint density at radius 3 is 2.02 bits per heavy atom. The summed E-state index contributed by atoms with van der Waals surface area (Å²) >= 11 is 1.06. The Hall–Kier alpha value is -3.51. The molecule has 1 N–H and O–H groups in total. The molecule has 0 saturated carbocycles. The lowest BCUT2D eigenvalue weighted by molar-refractivity contribution is -0.348. The number of alkyl halides is 9. The van der Waals surface area contributed by atoms with Gasteiger partial charge in [-0.15, -0.1) is 0 Å². The van der Waals surface area contributed by atoms with Crippen LogP contribution in [-0.4, -0.2) is 30.7 Å². The van der Waals surface area contributed by atoms with Gasteiger partial charge in [-0.25, -0.2) is 17.6 Å². The fourth-order valence-electron chi connectivity index (χ4n) is 3.60. The number of carbonyl (C=O) groups excluding carboxylic acids is 2. The lowest BCUT2D eigenvalue weighted by Crippen LogP contribution is -2.50. The molecule has 4 nitrogen and oxygen atoms in total. The summed E-state index contributed by atoms with van der Waals surface area (Å²) in [6, 6.07) is 4.54. The van der Waals surface area contributed by atoms with Crippen molar-refractivity contribution in [2.24, 2.45) is 0 Å². The predicted octanol–water partition coefficient (Wildman–Crippen LogP) is 8.28. The summed E-state index contributed by atoms with van der Waals surface area (Å²) < 4.78 is 165. The first-order valence-corrected chi connectivity index (χ1v) is 12.0. The van der Waals surface area contributed by atoms with E-state index >= 15 is 4.39 Å². The molecule has 0 saturated heterocycles. The van der Waals surface area contributed by atoms with Crippen molar-refractivity contribution in [2.45, 2.75) is 31.1 Å². The minimum absolute atomic E-state index is 0.0251. The van der Waals surface area contributed by atoms with Crippen molar-refractivity contribution in [1.82, 2.24) is 0 Å². The monoisotopic (exact) mass is 729 g/mol. The molecule has 3 aromatic carbocycles. The Morgan fingerprint density at radius 2 is 1.48 bits per heavy atom. The van der Waals surface area contributed by atoms with Gasteiger partial charge in [0.2, 0.25) is 0 Å². The molecule has 3 rings (SSSR count). The molecule has 3 aromatic rings. The van der Waals surface area contributed by atoms with Gasteiger partial charge < -0.3 is 10.1 Å². The quantitative estimate of drug-likeness (QED) is 0.144. The third kappa shape index (κ3) is 6.59. The van der Waals surface area contributed by atoms with E-state index in [-0.39, 0.29) is 12.1 Å². The van der Waals surface area contributed by atoms with Crippen LogP contribution < -0.4 is 10.1 Å². The number of hydrogen-bond acceptors (Lipinski definition) is 3. The minimum atomic E-state index is -6.58. The molecule has 0 radical (unpaired) electrons. The molecular formula is C25H12F12INO3. The largest absolute Gasteiger partial charge is 0.435 e. The van der Waals surface area contributed by atoms with Gasteiger partial charge in [0.1, 0.15) is 5.75 Å². The molecule has 1 amide bonds. The second-order valence-electron chi connectivity index (χ2n) is 8.32. The summed E-state index contributed by atoms with van der Waals surface area (Å²) in [5.41, 5.74) is -10.8. The third-order valence-corrected chi connectivity index (χ3v) is 6.58. The third-order valence-electron chi connectivity index (χ3n) is 5.62. The van der Waals surface area contributed by atoms with Crippen LogP contribution >= 0.6 is 22.6 Å². The Kier molecular flexibility index (Phi) is 9.43. The second-order valence-corrected chi connectivity index (χ2v) is 9.48. The van der Waals surface area contributed by atoms with Crippen LogP contribution in [-0.2, 0) is 12.1 Å². The standard InChI is InChI=1S/C25H12F12INO3/c26-14-5-4-10(6-15(14)27)21(41)39-17-3-1-2-12(20(17)28)18(40)9-13-16(38)7-11(8-19(13)42-22(29)30)23(31,24(32,33)34)25(35,36)37/h1-8,22H,9H2,(H,39,41). The Morgan fingerprint density at radius 1 is 0.857 bits per heavy atom. The Balaban J connectivity index is 2.01. The zero-order chi connectivity index (χ0) is 31.8.